The number of esters is 1. The molecule has 3 aliphatic carbocycles. The minimum absolute atomic E-state index is 0.0759. The third kappa shape index (κ3) is 1.71. The van der Waals surface area contributed by atoms with Gasteiger partial charge in [-0.25, -0.2) is 0 Å². The van der Waals surface area contributed by atoms with E-state index in [9.17, 15) is 9.59 Å². The van der Waals surface area contributed by atoms with Gasteiger partial charge >= 0.3 is 5.97 Å². The van der Waals surface area contributed by atoms with E-state index >= 15 is 0 Å². The fraction of sp³-hybridized carbons (Fsp3) is 0.700. The van der Waals surface area contributed by atoms with Crippen molar-refractivity contribution in [3.8, 4) is 0 Å². The van der Waals surface area contributed by atoms with Crippen molar-refractivity contribution in [2.24, 2.45) is 22.7 Å². The van der Waals surface area contributed by atoms with Gasteiger partial charge in [0.15, 0.2) is 11.4 Å². The zero-order chi connectivity index (χ0) is 16.6. The van der Waals surface area contributed by atoms with Gasteiger partial charge in [-0.3, -0.25) is 9.59 Å². The molecule has 1 aliphatic heterocycles. The van der Waals surface area contributed by atoms with E-state index in [1.54, 1.807) is 6.08 Å². The van der Waals surface area contributed by atoms with Crippen molar-refractivity contribution in [3.05, 3.63) is 23.3 Å². The Balaban J connectivity index is 1.90. The van der Waals surface area contributed by atoms with Crippen LogP contribution in [0.4, 0.5) is 0 Å². The highest BCUT2D eigenvalue weighted by Gasteiger charge is 2.70. The van der Waals surface area contributed by atoms with Gasteiger partial charge in [-0.2, -0.15) is 0 Å². The van der Waals surface area contributed by atoms with Crippen LogP contribution in [0.15, 0.2) is 23.3 Å². The summed E-state index contributed by atoms with van der Waals surface area (Å²) in [5.41, 5.74) is 0.726. The molecule has 3 heteroatoms. The Labute approximate surface area is 138 Å². The molecule has 0 unspecified atom stereocenters. The van der Waals surface area contributed by atoms with Crippen LogP contribution in [-0.2, 0) is 14.3 Å². The maximum atomic E-state index is 13.0. The molecular formula is C20H26O3. The number of hydrogen-bond donors (Lipinski definition) is 0. The molecule has 0 aromatic rings. The minimum Gasteiger partial charge on any atom is -0.449 e. The molecule has 3 atom stereocenters. The van der Waals surface area contributed by atoms with Crippen LogP contribution in [0.3, 0.4) is 0 Å². The molecule has 3 nitrogen and oxygen atoms in total. The number of hydrogen-bond acceptors (Lipinski definition) is 3. The van der Waals surface area contributed by atoms with Crippen molar-refractivity contribution in [1.82, 2.24) is 0 Å². The van der Waals surface area contributed by atoms with Crippen LogP contribution in [0, 0.1) is 22.7 Å². The number of ketones is 1. The molecule has 0 amide bonds. The molecule has 4 aliphatic rings. The molecule has 2 bridgehead atoms. The monoisotopic (exact) mass is 314 g/mol. The van der Waals surface area contributed by atoms with Gasteiger partial charge < -0.3 is 4.74 Å². The predicted molar refractivity (Wildman–Crippen MR) is 87.6 cm³/mol. The number of rotatable bonds is 1. The second-order valence-electron chi connectivity index (χ2n) is 8.86. The lowest BCUT2D eigenvalue weighted by Gasteiger charge is -2.53. The summed E-state index contributed by atoms with van der Waals surface area (Å²) in [5.74, 6) is 0.450. The van der Waals surface area contributed by atoms with E-state index in [1.807, 2.05) is 19.9 Å². The average molecular weight is 314 g/mol. The van der Waals surface area contributed by atoms with Crippen LogP contribution in [0.2, 0.25) is 0 Å². The van der Waals surface area contributed by atoms with Crippen LogP contribution < -0.4 is 0 Å². The molecule has 23 heavy (non-hydrogen) atoms. The van der Waals surface area contributed by atoms with Gasteiger partial charge in [0.1, 0.15) is 0 Å². The Morgan fingerprint density at radius 3 is 2.61 bits per heavy atom. The van der Waals surface area contributed by atoms with Gasteiger partial charge in [-0.05, 0) is 60.7 Å². The zero-order valence-corrected chi connectivity index (χ0v) is 14.6. The lowest BCUT2D eigenvalue weighted by Crippen LogP contribution is -2.52. The lowest BCUT2D eigenvalue weighted by atomic mass is 9.47. The number of carbonyl (C=O) groups excluding carboxylic acids is 2. The molecule has 0 aromatic carbocycles. The quantitative estimate of drug-likeness (QED) is 0.688. The Morgan fingerprint density at radius 1 is 1.17 bits per heavy atom. The van der Waals surface area contributed by atoms with Crippen molar-refractivity contribution in [2.75, 3.05) is 0 Å². The summed E-state index contributed by atoms with van der Waals surface area (Å²) in [6, 6.07) is 0. The normalized spacial score (nSPS) is 41.0. The van der Waals surface area contributed by atoms with Gasteiger partial charge in [-0.15, -0.1) is 0 Å². The summed E-state index contributed by atoms with van der Waals surface area (Å²) in [6.45, 7) is 8.61. The van der Waals surface area contributed by atoms with Gasteiger partial charge in [0.25, 0.3) is 0 Å². The van der Waals surface area contributed by atoms with Crippen LogP contribution in [0.25, 0.3) is 0 Å². The Bertz CT molecular complexity index is 666. The van der Waals surface area contributed by atoms with Gasteiger partial charge in [-0.1, -0.05) is 34.1 Å². The van der Waals surface area contributed by atoms with E-state index in [1.165, 1.54) is 0 Å². The first kappa shape index (κ1) is 15.2. The van der Waals surface area contributed by atoms with Crippen molar-refractivity contribution in [2.45, 2.75) is 65.4 Å². The standard InChI is InChI=1S/C20H26O3/c1-12(2)13-11-19-9-6-15-18(3,4)7-5-8-20(15,17(22)23-19)16(19)10-14(13)21/h10-12,15H,5-9H2,1-4H3/t15-,19+,20+/m0/s1. The van der Waals surface area contributed by atoms with E-state index in [0.717, 1.165) is 43.3 Å². The molecule has 2 saturated carbocycles. The average Bonchev–Trinajstić information content (AvgIpc) is 2.59. The molecule has 1 heterocycles. The lowest BCUT2D eigenvalue weighted by molar-refractivity contribution is -0.155. The summed E-state index contributed by atoms with van der Waals surface area (Å²) in [7, 11) is 0. The van der Waals surface area contributed by atoms with E-state index in [2.05, 4.69) is 13.8 Å². The van der Waals surface area contributed by atoms with Crippen molar-refractivity contribution < 1.29 is 14.3 Å². The SMILES string of the molecule is CC(C)C1=C[C@@]23CC[C@H]4C(C)(C)CCC[C@]4(C(=O)O2)C3=CC1=O. The van der Waals surface area contributed by atoms with Gasteiger partial charge in [0.05, 0.1) is 5.41 Å². The number of allylic oxidation sites excluding steroid dienone is 2. The first-order valence-electron chi connectivity index (χ1n) is 8.96. The van der Waals surface area contributed by atoms with Gasteiger partial charge in [0.2, 0.25) is 0 Å². The second-order valence-corrected chi connectivity index (χ2v) is 8.86. The highest BCUT2D eigenvalue weighted by molar-refractivity contribution is 6.08. The first-order chi connectivity index (χ1) is 10.7. The van der Waals surface area contributed by atoms with E-state index < -0.39 is 11.0 Å². The third-order valence-electron chi connectivity index (χ3n) is 6.88. The highest BCUT2D eigenvalue weighted by Crippen LogP contribution is 2.68. The zero-order valence-electron chi connectivity index (χ0n) is 14.6. The molecular weight excluding hydrogens is 288 g/mol. The fourth-order valence-corrected chi connectivity index (χ4v) is 5.80. The second kappa shape index (κ2) is 4.37. The number of ether oxygens (including phenoxy) is 1. The highest BCUT2D eigenvalue weighted by atomic mass is 16.6. The molecule has 1 spiro atoms. The van der Waals surface area contributed by atoms with Crippen molar-refractivity contribution in [3.63, 3.8) is 0 Å². The smallest absolute Gasteiger partial charge is 0.317 e. The van der Waals surface area contributed by atoms with Gasteiger partial charge in [0, 0.05) is 5.57 Å². The summed E-state index contributed by atoms with van der Waals surface area (Å²) in [6.07, 6.45) is 8.60. The maximum Gasteiger partial charge on any atom is 0.317 e. The van der Waals surface area contributed by atoms with Crippen LogP contribution in [0.5, 0.6) is 0 Å². The first-order valence-corrected chi connectivity index (χ1v) is 8.96. The maximum absolute atomic E-state index is 13.0. The van der Waals surface area contributed by atoms with Crippen LogP contribution in [0.1, 0.15) is 59.8 Å². The van der Waals surface area contributed by atoms with Crippen LogP contribution in [-0.4, -0.2) is 17.4 Å². The summed E-state index contributed by atoms with van der Waals surface area (Å²) < 4.78 is 6.02. The summed E-state index contributed by atoms with van der Waals surface area (Å²) in [4.78, 5) is 25.7. The minimum atomic E-state index is -0.630. The summed E-state index contributed by atoms with van der Waals surface area (Å²) >= 11 is 0. The topological polar surface area (TPSA) is 43.4 Å². The van der Waals surface area contributed by atoms with Crippen molar-refractivity contribution in [1.29, 1.82) is 0 Å². The van der Waals surface area contributed by atoms with E-state index in [4.69, 9.17) is 4.74 Å². The summed E-state index contributed by atoms with van der Waals surface area (Å²) in [5, 5.41) is 0. The number of carbonyl (C=O) groups is 2. The molecule has 0 N–H and O–H groups in total. The largest absolute Gasteiger partial charge is 0.449 e. The molecule has 0 radical (unpaired) electrons. The predicted octanol–water partition coefficient (Wildman–Crippen LogP) is 3.98. The molecule has 124 valence electrons. The fourth-order valence-electron chi connectivity index (χ4n) is 5.80. The Kier molecular flexibility index (Phi) is 2.88. The van der Waals surface area contributed by atoms with Crippen molar-refractivity contribution >= 4 is 11.8 Å². The van der Waals surface area contributed by atoms with E-state index in [-0.39, 0.29) is 23.1 Å². The molecule has 1 saturated heterocycles. The molecule has 3 fully saturated rings. The molecule has 0 aromatic heterocycles. The van der Waals surface area contributed by atoms with E-state index in [0.29, 0.717) is 5.92 Å². The Morgan fingerprint density at radius 2 is 1.91 bits per heavy atom. The van der Waals surface area contributed by atoms with Crippen LogP contribution >= 0.6 is 0 Å². The third-order valence-corrected chi connectivity index (χ3v) is 6.88. The molecule has 4 rings (SSSR count). The Hall–Kier alpha value is -1.38.